The monoisotopic (exact) mass is 294 g/mol. The maximum Gasteiger partial charge on any atom is 0.217 e. The van der Waals surface area contributed by atoms with E-state index in [1.165, 1.54) is 0 Å². The van der Waals surface area contributed by atoms with E-state index in [1.54, 1.807) is 18.5 Å². The van der Waals surface area contributed by atoms with E-state index >= 15 is 0 Å². The molecule has 3 aromatic heterocycles. The largest absolute Gasteiger partial charge is 0.444 e. The molecule has 0 amide bonds. The number of rotatable bonds is 2. The van der Waals surface area contributed by atoms with E-state index in [9.17, 15) is 0 Å². The van der Waals surface area contributed by atoms with Crippen LogP contribution in [0, 0.1) is 11.7 Å². The summed E-state index contributed by atoms with van der Waals surface area (Å²) in [5, 5.41) is 0.565. The number of hydrogen-bond donors (Lipinski definition) is 1. The molecular formula is C12H11ClN4OS. The number of fused-ring (bicyclic) bond motifs is 1. The number of aromatic nitrogens is 4. The number of nitrogens with zero attached hydrogens (tertiary/aromatic N) is 3. The van der Waals surface area contributed by atoms with Crippen LogP contribution >= 0.6 is 23.8 Å². The maximum atomic E-state index is 5.92. The van der Waals surface area contributed by atoms with Crippen LogP contribution in [0.2, 0.25) is 5.02 Å². The molecule has 19 heavy (non-hydrogen) atoms. The second-order valence-electron chi connectivity index (χ2n) is 4.31. The summed E-state index contributed by atoms with van der Waals surface area (Å²) in [6.45, 7) is 3.82. The molecule has 3 heterocycles. The Morgan fingerprint density at radius 2 is 2.21 bits per heavy atom. The Morgan fingerprint density at radius 3 is 2.89 bits per heavy atom. The Labute approximate surface area is 119 Å². The first-order valence-electron chi connectivity index (χ1n) is 5.74. The number of oxazole rings is 1. The van der Waals surface area contributed by atoms with E-state index in [-0.39, 0.29) is 6.04 Å². The van der Waals surface area contributed by atoms with Gasteiger partial charge >= 0.3 is 0 Å². The Balaban J connectivity index is 2.19. The highest BCUT2D eigenvalue weighted by molar-refractivity contribution is 7.71. The topological polar surface area (TPSA) is 59.6 Å². The predicted molar refractivity (Wildman–Crippen MR) is 75.0 cm³/mol. The van der Waals surface area contributed by atoms with Gasteiger partial charge in [0.1, 0.15) is 11.8 Å². The number of nitrogens with one attached hydrogen (secondary N) is 1. The third-order valence-electron chi connectivity index (χ3n) is 2.91. The van der Waals surface area contributed by atoms with E-state index in [2.05, 4.69) is 15.0 Å². The number of hydrogen-bond acceptors (Lipinski definition) is 4. The molecule has 98 valence electrons. The summed E-state index contributed by atoms with van der Waals surface area (Å²) in [6.07, 6.45) is 3.28. The third kappa shape index (κ3) is 2.06. The van der Waals surface area contributed by atoms with Gasteiger partial charge in [0.15, 0.2) is 10.4 Å². The lowest BCUT2D eigenvalue weighted by Crippen LogP contribution is -2.07. The van der Waals surface area contributed by atoms with Gasteiger partial charge in [-0.05, 0) is 32.1 Å². The lowest BCUT2D eigenvalue weighted by atomic mass is 10.3. The normalized spacial score (nSPS) is 13.0. The first-order chi connectivity index (χ1) is 9.06. The Hall–Kier alpha value is -1.66. The highest BCUT2D eigenvalue weighted by atomic mass is 35.5. The standard InChI is InChI=1S/C12H11ClN4OS/c1-6-4-15-11(18-6)7(2)17-10-9(16-12(17)19)3-8(13)5-14-10/h3-5,7H,1-2H3,(H,16,19). The molecular weight excluding hydrogens is 284 g/mol. The Kier molecular flexibility index (Phi) is 2.91. The van der Waals surface area contributed by atoms with Crippen LogP contribution in [0.1, 0.15) is 24.6 Å². The molecule has 0 radical (unpaired) electrons. The van der Waals surface area contributed by atoms with Crippen molar-refractivity contribution in [3.8, 4) is 0 Å². The second kappa shape index (κ2) is 4.47. The summed E-state index contributed by atoms with van der Waals surface area (Å²) >= 11 is 11.3. The van der Waals surface area contributed by atoms with Gasteiger partial charge in [-0.25, -0.2) is 9.97 Å². The molecule has 7 heteroatoms. The van der Waals surface area contributed by atoms with Gasteiger partial charge in [0.25, 0.3) is 0 Å². The molecule has 1 N–H and O–H groups in total. The zero-order valence-corrected chi connectivity index (χ0v) is 11.9. The molecule has 0 aliphatic carbocycles. The van der Waals surface area contributed by atoms with E-state index < -0.39 is 0 Å². The number of H-pyrrole nitrogens is 1. The second-order valence-corrected chi connectivity index (χ2v) is 5.13. The van der Waals surface area contributed by atoms with Crippen molar-refractivity contribution in [3.63, 3.8) is 0 Å². The van der Waals surface area contributed by atoms with Crippen LogP contribution in [-0.4, -0.2) is 19.5 Å². The van der Waals surface area contributed by atoms with Gasteiger partial charge in [0, 0.05) is 6.20 Å². The fraction of sp³-hybridized carbons (Fsp3) is 0.250. The van der Waals surface area contributed by atoms with E-state index in [0.29, 0.717) is 15.7 Å². The van der Waals surface area contributed by atoms with Crippen LogP contribution in [0.4, 0.5) is 0 Å². The van der Waals surface area contributed by atoms with Crippen LogP contribution in [-0.2, 0) is 0 Å². The molecule has 0 spiro atoms. The van der Waals surface area contributed by atoms with Gasteiger partial charge in [0.05, 0.1) is 16.7 Å². The molecule has 1 unspecified atom stereocenters. The summed E-state index contributed by atoms with van der Waals surface area (Å²) in [6, 6.07) is 1.66. The van der Waals surface area contributed by atoms with Gasteiger partial charge in [-0.1, -0.05) is 11.6 Å². The molecule has 3 aromatic rings. The van der Waals surface area contributed by atoms with E-state index in [0.717, 1.165) is 16.9 Å². The molecule has 3 rings (SSSR count). The number of aryl methyl sites for hydroxylation is 1. The zero-order valence-electron chi connectivity index (χ0n) is 10.3. The minimum atomic E-state index is -0.136. The molecule has 0 saturated heterocycles. The molecule has 0 aliphatic heterocycles. The van der Waals surface area contributed by atoms with Crippen LogP contribution in [0.3, 0.4) is 0 Å². The molecule has 5 nitrogen and oxygen atoms in total. The summed E-state index contributed by atoms with van der Waals surface area (Å²) in [7, 11) is 0. The summed E-state index contributed by atoms with van der Waals surface area (Å²) in [5.74, 6) is 1.37. The third-order valence-corrected chi connectivity index (χ3v) is 3.41. The van der Waals surface area contributed by atoms with Gasteiger partial charge in [0.2, 0.25) is 5.89 Å². The maximum absolute atomic E-state index is 5.92. The number of aromatic amines is 1. The average Bonchev–Trinajstić information content (AvgIpc) is 2.91. The fourth-order valence-electron chi connectivity index (χ4n) is 2.02. The van der Waals surface area contributed by atoms with Crippen LogP contribution in [0.5, 0.6) is 0 Å². The van der Waals surface area contributed by atoms with Gasteiger partial charge in [-0.15, -0.1) is 0 Å². The number of imidazole rings is 1. The van der Waals surface area contributed by atoms with Gasteiger partial charge < -0.3 is 9.40 Å². The zero-order chi connectivity index (χ0) is 13.6. The molecule has 0 bridgehead atoms. The molecule has 0 aromatic carbocycles. The first kappa shape index (κ1) is 12.4. The van der Waals surface area contributed by atoms with Crippen molar-refractivity contribution in [1.82, 2.24) is 19.5 Å². The predicted octanol–water partition coefficient (Wildman–Crippen LogP) is 3.65. The van der Waals surface area contributed by atoms with Crippen LogP contribution < -0.4 is 0 Å². The van der Waals surface area contributed by atoms with Crippen molar-refractivity contribution >= 4 is 35.0 Å². The molecule has 0 fully saturated rings. The molecule has 1 atom stereocenters. The summed E-state index contributed by atoms with van der Waals surface area (Å²) < 4.78 is 7.98. The average molecular weight is 295 g/mol. The van der Waals surface area contributed by atoms with Crippen molar-refractivity contribution < 1.29 is 4.42 Å². The minimum Gasteiger partial charge on any atom is -0.444 e. The highest BCUT2D eigenvalue weighted by Gasteiger charge is 2.18. The van der Waals surface area contributed by atoms with Crippen LogP contribution in [0.25, 0.3) is 11.2 Å². The minimum absolute atomic E-state index is 0.136. The molecule has 0 saturated carbocycles. The fourth-order valence-corrected chi connectivity index (χ4v) is 2.54. The van der Waals surface area contributed by atoms with E-state index in [4.69, 9.17) is 28.2 Å². The van der Waals surface area contributed by atoms with Crippen molar-refractivity contribution in [2.45, 2.75) is 19.9 Å². The van der Waals surface area contributed by atoms with Crippen molar-refractivity contribution in [1.29, 1.82) is 0 Å². The van der Waals surface area contributed by atoms with Crippen molar-refractivity contribution in [3.05, 3.63) is 39.9 Å². The Bertz CT molecular complexity index is 804. The smallest absolute Gasteiger partial charge is 0.217 e. The van der Waals surface area contributed by atoms with Crippen molar-refractivity contribution in [2.75, 3.05) is 0 Å². The Morgan fingerprint density at radius 1 is 1.42 bits per heavy atom. The quantitative estimate of drug-likeness (QED) is 0.733. The van der Waals surface area contributed by atoms with Gasteiger partial charge in [-0.3, -0.25) is 4.57 Å². The molecule has 0 aliphatic rings. The summed E-state index contributed by atoms with van der Waals surface area (Å²) in [4.78, 5) is 11.6. The SMILES string of the molecule is Cc1cnc(C(C)n2c(=S)[nH]c3cc(Cl)cnc32)o1. The summed E-state index contributed by atoms with van der Waals surface area (Å²) in [5.41, 5.74) is 1.53. The highest BCUT2D eigenvalue weighted by Crippen LogP contribution is 2.24. The first-order valence-corrected chi connectivity index (χ1v) is 6.53. The van der Waals surface area contributed by atoms with E-state index in [1.807, 2.05) is 18.4 Å². The van der Waals surface area contributed by atoms with Gasteiger partial charge in [-0.2, -0.15) is 0 Å². The van der Waals surface area contributed by atoms with Crippen LogP contribution in [0.15, 0.2) is 22.9 Å². The van der Waals surface area contributed by atoms with Crippen molar-refractivity contribution in [2.24, 2.45) is 0 Å². The lowest BCUT2D eigenvalue weighted by molar-refractivity contribution is 0.417. The lowest BCUT2D eigenvalue weighted by Gasteiger charge is -2.09. The number of halogens is 1. The number of pyridine rings is 1.